The van der Waals surface area contributed by atoms with Gasteiger partial charge in [0.1, 0.15) is 27.4 Å². The zero-order chi connectivity index (χ0) is 13.2. The first-order valence-corrected chi connectivity index (χ1v) is 6.63. The van der Waals surface area contributed by atoms with Crippen molar-refractivity contribution in [2.75, 3.05) is 0 Å². The molecule has 2 aromatic heterocycles. The van der Waals surface area contributed by atoms with Crippen molar-refractivity contribution in [3.63, 3.8) is 0 Å². The van der Waals surface area contributed by atoms with Gasteiger partial charge in [-0.3, -0.25) is 0 Å². The van der Waals surface area contributed by atoms with Crippen LogP contribution in [0.25, 0.3) is 0 Å². The third-order valence-corrected chi connectivity index (χ3v) is 3.17. The molecule has 0 aliphatic rings. The van der Waals surface area contributed by atoms with Crippen LogP contribution in [-0.4, -0.2) is 19.9 Å². The van der Waals surface area contributed by atoms with Crippen molar-refractivity contribution >= 4 is 23.4 Å². The van der Waals surface area contributed by atoms with Crippen LogP contribution in [0.1, 0.15) is 26.6 Å². The third kappa shape index (κ3) is 3.40. The molecule has 0 spiro atoms. The van der Waals surface area contributed by atoms with E-state index in [0.717, 1.165) is 15.9 Å². The van der Waals surface area contributed by atoms with Crippen LogP contribution in [0, 0.1) is 0 Å². The molecular weight excluding hydrogens is 268 g/mol. The van der Waals surface area contributed by atoms with Crippen LogP contribution in [-0.2, 0) is 5.41 Å². The van der Waals surface area contributed by atoms with E-state index in [-0.39, 0.29) is 5.41 Å². The molecule has 4 nitrogen and oxygen atoms in total. The number of hydrogen-bond donors (Lipinski definition) is 0. The lowest BCUT2D eigenvalue weighted by Crippen LogP contribution is -2.16. The smallest absolute Gasteiger partial charge is 0.136 e. The van der Waals surface area contributed by atoms with Gasteiger partial charge in [0.2, 0.25) is 0 Å². The Morgan fingerprint density at radius 3 is 2.56 bits per heavy atom. The van der Waals surface area contributed by atoms with E-state index >= 15 is 0 Å². The molecule has 0 N–H and O–H groups in total. The van der Waals surface area contributed by atoms with Crippen LogP contribution in [0.3, 0.4) is 0 Å². The average molecular weight is 281 g/mol. The van der Waals surface area contributed by atoms with Gasteiger partial charge in [0.15, 0.2) is 0 Å². The number of hydrogen-bond acceptors (Lipinski definition) is 5. The van der Waals surface area contributed by atoms with Gasteiger partial charge in [-0.25, -0.2) is 19.9 Å². The van der Waals surface area contributed by atoms with Gasteiger partial charge in [0, 0.05) is 17.7 Å². The molecule has 2 aromatic rings. The summed E-state index contributed by atoms with van der Waals surface area (Å²) in [7, 11) is 0. The first kappa shape index (κ1) is 13.2. The number of halogens is 1. The minimum Gasteiger partial charge on any atom is -0.245 e. The van der Waals surface area contributed by atoms with Crippen LogP contribution in [0.4, 0.5) is 0 Å². The summed E-state index contributed by atoms with van der Waals surface area (Å²) in [4.78, 5) is 16.8. The Balaban J connectivity index is 2.32. The summed E-state index contributed by atoms with van der Waals surface area (Å²) < 4.78 is 0. The fraction of sp³-hybridized carbons (Fsp3) is 0.333. The van der Waals surface area contributed by atoms with Gasteiger partial charge >= 0.3 is 0 Å². The molecule has 0 bridgehead atoms. The maximum absolute atomic E-state index is 6.03. The molecule has 0 aliphatic heterocycles. The first-order chi connectivity index (χ1) is 8.45. The Morgan fingerprint density at radius 1 is 1.17 bits per heavy atom. The molecule has 2 heterocycles. The molecule has 0 aliphatic carbocycles. The van der Waals surface area contributed by atoms with Crippen molar-refractivity contribution < 1.29 is 0 Å². The predicted octanol–water partition coefficient (Wildman–Crippen LogP) is 3.37. The second-order valence-electron chi connectivity index (χ2n) is 4.75. The molecule has 6 heteroatoms. The lowest BCUT2D eigenvalue weighted by Gasteiger charge is -2.17. The van der Waals surface area contributed by atoms with Crippen molar-refractivity contribution in [2.45, 2.75) is 36.2 Å². The SMILES string of the molecule is CC(C)(C)c1nc(Cl)cc(Sc2ccncn2)n1. The van der Waals surface area contributed by atoms with E-state index in [2.05, 4.69) is 40.7 Å². The van der Waals surface area contributed by atoms with E-state index in [9.17, 15) is 0 Å². The summed E-state index contributed by atoms with van der Waals surface area (Å²) >= 11 is 7.47. The van der Waals surface area contributed by atoms with Crippen molar-refractivity contribution in [1.29, 1.82) is 0 Å². The minimum absolute atomic E-state index is 0.133. The van der Waals surface area contributed by atoms with E-state index in [0.29, 0.717) is 5.15 Å². The van der Waals surface area contributed by atoms with Crippen LogP contribution in [0.15, 0.2) is 34.7 Å². The van der Waals surface area contributed by atoms with Crippen molar-refractivity contribution in [3.8, 4) is 0 Å². The molecular formula is C12H13ClN4S. The lowest BCUT2D eigenvalue weighted by atomic mass is 9.96. The molecule has 0 aromatic carbocycles. The molecule has 0 atom stereocenters. The van der Waals surface area contributed by atoms with Crippen molar-refractivity contribution in [1.82, 2.24) is 19.9 Å². The maximum Gasteiger partial charge on any atom is 0.136 e. The fourth-order valence-corrected chi connectivity index (χ4v) is 2.22. The molecule has 0 saturated heterocycles. The van der Waals surface area contributed by atoms with Gasteiger partial charge < -0.3 is 0 Å². The third-order valence-electron chi connectivity index (χ3n) is 2.11. The summed E-state index contributed by atoms with van der Waals surface area (Å²) in [6.45, 7) is 6.16. The van der Waals surface area contributed by atoms with Crippen molar-refractivity contribution in [2.24, 2.45) is 0 Å². The highest BCUT2D eigenvalue weighted by Crippen LogP contribution is 2.28. The quantitative estimate of drug-likeness (QED) is 0.790. The number of rotatable bonds is 2. The Labute approximate surface area is 115 Å². The van der Waals surface area contributed by atoms with E-state index in [1.165, 1.54) is 18.1 Å². The predicted molar refractivity (Wildman–Crippen MR) is 71.9 cm³/mol. The zero-order valence-corrected chi connectivity index (χ0v) is 12.0. The van der Waals surface area contributed by atoms with Gasteiger partial charge in [-0.1, -0.05) is 32.4 Å². The lowest BCUT2D eigenvalue weighted by molar-refractivity contribution is 0.538. The molecule has 94 valence electrons. The molecule has 0 radical (unpaired) electrons. The Morgan fingerprint density at radius 2 is 1.94 bits per heavy atom. The second-order valence-corrected chi connectivity index (χ2v) is 6.18. The number of aromatic nitrogens is 4. The monoisotopic (exact) mass is 280 g/mol. The molecule has 0 unspecified atom stereocenters. The minimum atomic E-state index is -0.133. The summed E-state index contributed by atoms with van der Waals surface area (Å²) in [6, 6.07) is 3.57. The number of nitrogens with zero attached hydrogens (tertiary/aromatic N) is 4. The van der Waals surface area contributed by atoms with Crippen LogP contribution >= 0.6 is 23.4 Å². The summed E-state index contributed by atoms with van der Waals surface area (Å²) in [5, 5.41) is 2.07. The van der Waals surface area contributed by atoms with E-state index in [1.54, 1.807) is 12.3 Å². The highest BCUT2D eigenvalue weighted by molar-refractivity contribution is 7.99. The average Bonchev–Trinajstić information content (AvgIpc) is 2.28. The summed E-state index contributed by atoms with van der Waals surface area (Å²) in [5.41, 5.74) is -0.133. The standard InChI is InChI=1S/C12H13ClN4S/c1-12(2,3)11-16-8(13)6-10(17-11)18-9-4-5-14-7-15-9/h4-7H,1-3H3. The van der Waals surface area contributed by atoms with Gasteiger partial charge in [0.25, 0.3) is 0 Å². The largest absolute Gasteiger partial charge is 0.245 e. The Hall–Kier alpha value is -1.20. The van der Waals surface area contributed by atoms with E-state index in [1.807, 2.05) is 6.07 Å². The topological polar surface area (TPSA) is 51.6 Å². The Bertz CT molecular complexity index is 540. The van der Waals surface area contributed by atoms with E-state index in [4.69, 9.17) is 11.6 Å². The van der Waals surface area contributed by atoms with Crippen LogP contribution < -0.4 is 0 Å². The van der Waals surface area contributed by atoms with Crippen LogP contribution in [0.5, 0.6) is 0 Å². The van der Waals surface area contributed by atoms with Gasteiger partial charge in [-0.05, 0) is 17.8 Å². The zero-order valence-electron chi connectivity index (χ0n) is 10.4. The molecule has 2 rings (SSSR count). The van der Waals surface area contributed by atoms with Gasteiger partial charge in [0.05, 0.1) is 0 Å². The summed E-state index contributed by atoms with van der Waals surface area (Å²) in [5.74, 6) is 0.728. The Kier molecular flexibility index (Phi) is 3.82. The fourth-order valence-electron chi connectivity index (χ4n) is 1.23. The van der Waals surface area contributed by atoms with Crippen molar-refractivity contribution in [3.05, 3.63) is 35.6 Å². The highest BCUT2D eigenvalue weighted by Gasteiger charge is 2.19. The first-order valence-electron chi connectivity index (χ1n) is 5.44. The van der Waals surface area contributed by atoms with E-state index < -0.39 is 0 Å². The highest BCUT2D eigenvalue weighted by atomic mass is 35.5. The second kappa shape index (κ2) is 5.20. The van der Waals surface area contributed by atoms with Gasteiger partial charge in [-0.2, -0.15) is 0 Å². The maximum atomic E-state index is 6.03. The molecule has 0 saturated carbocycles. The van der Waals surface area contributed by atoms with Crippen LogP contribution in [0.2, 0.25) is 5.15 Å². The normalized spacial score (nSPS) is 11.6. The summed E-state index contributed by atoms with van der Waals surface area (Å²) in [6.07, 6.45) is 3.21. The van der Waals surface area contributed by atoms with Gasteiger partial charge in [-0.15, -0.1) is 0 Å². The molecule has 18 heavy (non-hydrogen) atoms. The molecule has 0 fully saturated rings. The molecule has 0 amide bonds.